The van der Waals surface area contributed by atoms with Gasteiger partial charge >= 0.3 is 11.7 Å². The fourth-order valence-electron chi connectivity index (χ4n) is 3.25. The average molecular weight is 438 g/mol. The molecular formula is C22H16ClN3O5. The number of hydrogen-bond acceptors (Lipinski definition) is 6. The third-order valence-electron chi connectivity index (χ3n) is 4.64. The van der Waals surface area contributed by atoms with E-state index in [1.54, 1.807) is 43.3 Å². The Hall–Kier alpha value is -3.91. The Morgan fingerprint density at radius 3 is 2.61 bits per heavy atom. The molecule has 0 fully saturated rings. The van der Waals surface area contributed by atoms with Gasteiger partial charge in [0.15, 0.2) is 5.71 Å². The number of aliphatic imine (C=N–C) groups is 1. The number of esters is 1. The van der Waals surface area contributed by atoms with Crippen LogP contribution in [-0.4, -0.2) is 32.9 Å². The smallest absolute Gasteiger partial charge is 0.357 e. The van der Waals surface area contributed by atoms with Gasteiger partial charge in [-0.3, -0.25) is 9.78 Å². The van der Waals surface area contributed by atoms with E-state index < -0.39 is 23.1 Å². The van der Waals surface area contributed by atoms with Crippen molar-refractivity contribution in [1.82, 2.24) is 9.55 Å². The summed E-state index contributed by atoms with van der Waals surface area (Å²) in [6.45, 7) is 1.82. The maximum Gasteiger partial charge on any atom is 0.357 e. The lowest BCUT2D eigenvalue weighted by atomic mass is 10.0. The minimum Gasteiger partial charge on any atom is -0.494 e. The van der Waals surface area contributed by atoms with E-state index in [4.69, 9.17) is 16.3 Å². The average Bonchev–Trinajstić information content (AvgIpc) is 3.11. The molecule has 2 aromatic carbocycles. The van der Waals surface area contributed by atoms with Gasteiger partial charge in [0.05, 0.1) is 18.0 Å². The molecule has 2 heterocycles. The molecule has 4 rings (SSSR count). The molecule has 0 bridgehead atoms. The van der Waals surface area contributed by atoms with Gasteiger partial charge in [0.2, 0.25) is 5.88 Å². The van der Waals surface area contributed by atoms with Crippen LogP contribution in [-0.2, 0) is 9.53 Å². The lowest BCUT2D eigenvalue weighted by molar-refractivity contribution is -0.134. The van der Waals surface area contributed by atoms with Crippen molar-refractivity contribution in [1.29, 1.82) is 0 Å². The molecule has 0 aliphatic carbocycles. The number of aromatic amines is 1. The molecular weight excluding hydrogens is 422 g/mol. The first-order valence-corrected chi connectivity index (χ1v) is 9.70. The number of hydrogen-bond donors (Lipinski definition) is 2. The molecule has 156 valence electrons. The second kappa shape index (κ2) is 8.08. The van der Waals surface area contributed by atoms with Gasteiger partial charge in [-0.15, -0.1) is 0 Å². The Balaban J connectivity index is 1.93. The van der Waals surface area contributed by atoms with Gasteiger partial charge in [-0.2, -0.15) is 0 Å². The van der Waals surface area contributed by atoms with Crippen molar-refractivity contribution in [2.24, 2.45) is 4.99 Å². The summed E-state index contributed by atoms with van der Waals surface area (Å²) in [5.41, 5.74) is -0.118. The Morgan fingerprint density at radius 1 is 1.19 bits per heavy atom. The summed E-state index contributed by atoms with van der Waals surface area (Å²) in [5.74, 6) is -1.25. The topological polar surface area (TPSA) is 114 Å². The van der Waals surface area contributed by atoms with E-state index in [9.17, 15) is 19.5 Å². The molecule has 0 radical (unpaired) electrons. The number of rotatable bonds is 4. The molecule has 8 nitrogen and oxygen atoms in total. The van der Waals surface area contributed by atoms with Crippen molar-refractivity contribution >= 4 is 40.6 Å². The number of benzene rings is 2. The first-order chi connectivity index (χ1) is 14.9. The van der Waals surface area contributed by atoms with Crippen LogP contribution in [0.15, 0.2) is 63.1 Å². The van der Waals surface area contributed by atoms with Crippen LogP contribution in [0.1, 0.15) is 18.1 Å². The number of nitrogens with one attached hydrogen (secondary N) is 1. The second-order valence-corrected chi connectivity index (χ2v) is 7.00. The minimum atomic E-state index is -0.821. The number of H-pyrrole nitrogens is 1. The zero-order valence-corrected chi connectivity index (χ0v) is 17.0. The number of aromatic nitrogens is 2. The molecule has 0 saturated carbocycles. The Kier molecular flexibility index (Phi) is 5.31. The highest BCUT2D eigenvalue weighted by molar-refractivity contribution is 6.58. The van der Waals surface area contributed by atoms with Gasteiger partial charge in [0.1, 0.15) is 5.56 Å². The van der Waals surface area contributed by atoms with Gasteiger partial charge < -0.3 is 9.84 Å². The number of halogens is 1. The predicted octanol–water partition coefficient (Wildman–Crippen LogP) is 3.07. The molecule has 9 heteroatoms. The Bertz CT molecular complexity index is 1370. The van der Waals surface area contributed by atoms with Crippen LogP contribution < -0.4 is 11.2 Å². The molecule has 1 aliphatic rings. The minimum absolute atomic E-state index is 0.00564. The summed E-state index contributed by atoms with van der Waals surface area (Å²) < 4.78 is 6.02. The SMILES string of the molecule is CCOC(=O)C1=Nc2ccccc2C1=Cc1c(O)n(-c2ccc(Cl)cc2)c(=O)[nH]c1=O. The molecule has 31 heavy (non-hydrogen) atoms. The number of carbonyl (C=O) groups excluding carboxylic acids is 1. The molecule has 2 N–H and O–H groups in total. The van der Waals surface area contributed by atoms with Crippen molar-refractivity contribution in [3.63, 3.8) is 0 Å². The highest BCUT2D eigenvalue weighted by Crippen LogP contribution is 2.36. The fraction of sp³-hybridized carbons (Fsp3) is 0.0909. The van der Waals surface area contributed by atoms with E-state index in [0.717, 1.165) is 4.57 Å². The van der Waals surface area contributed by atoms with Crippen molar-refractivity contribution in [2.75, 3.05) is 6.61 Å². The molecule has 1 aromatic heterocycles. The fourth-order valence-corrected chi connectivity index (χ4v) is 3.38. The quantitative estimate of drug-likeness (QED) is 0.609. The number of ether oxygens (including phenoxy) is 1. The standard InChI is InChI=1S/C22H16ClN3O5/c1-2-31-21(29)18-15(14-5-3-4-6-17(14)24-18)11-16-19(27)25-22(30)26(20(16)28)13-9-7-12(23)8-10-13/h3-11,28H,2H2,1H3,(H,25,27,30). The van der Waals surface area contributed by atoms with Crippen LogP contribution in [0.3, 0.4) is 0 Å². The highest BCUT2D eigenvalue weighted by Gasteiger charge is 2.28. The summed E-state index contributed by atoms with van der Waals surface area (Å²) in [6.07, 6.45) is 1.32. The zero-order chi connectivity index (χ0) is 22.1. The monoisotopic (exact) mass is 437 g/mol. The maximum atomic E-state index is 12.5. The van der Waals surface area contributed by atoms with Crippen LogP contribution in [0, 0.1) is 0 Å². The summed E-state index contributed by atoms with van der Waals surface area (Å²) in [5, 5.41) is 11.3. The number of para-hydroxylation sites is 1. The van der Waals surface area contributed by atoms with Gasteiger partial charge in [-0.1, -0.05) is 29.8 Å². The number of nitrogens with zero attached hydrogens (tertiary/aromatic N) is 2. The van der Waals surface area contributed by atoms with E-state index in [-0.39, 0.29) is 17.9 Å². The molecule has 3 aromatic rings. The molecule has 0 unspecified atom stereocenters. The van der Waals surface area contributed by atoms with Crippen LogP contribution >= 0.6 is 11.6 Å². The van der Waals surface area contributed by atoms with Crippen molar-refractivity contribution in [3.05, 3.63) is 85.5 Å². The molecule has 0 spiro atoms. The predicted molar refractivity (Wildman–Crippen MR) is 117 cm³/mol. The first-order valence-electron chi connectivity index (χ1n) is 9.32. The largest absolute Gasteiger partial charge is 0.494 e. The third kappa shape index (κ3) is 3.69. The van der Waals surface area contributed by atoms with Gasteiger partial charge in [-0.05, 0) is 43.3 Å². The normalized spacial score (nSPS) is 13.7. The van der Waals surface area contributed by atoms with Crippen LogP contribution in [0.4, 0.5) is 5.69 Å². The van der Waals surface area contributed by atoms with Gasteiger partial charge in [0.25, 0.3) is 5.56 Å². The summed E-state index contributed by atoms with van der Waals surface area (Å²) in [7, 11) is 0. The van der Waals surface area contributed by atoms with E-state index in [2.05, 4.69) is 9.98 Å². The number of fused-ring (bicyclic) bond motifs is 1. The van der Waals surface area contributed by atoms with E-state index >= 15 is 0 Å². The van der Waals surface area contributed by atoms with Crippen molar-refractivity contribution in [3.8, 4) is 11.6 Å². The van der Waals surface area contributed by atoms with Gasteiger partial charge in [-0.25, -0.2) is 19.1 Å². The second-order valence-electron chi connectivity index (χ2n) is 6.56. The van der Waals surface area contributed by atoms with E-state index in [1.165, 1.54) is 18.2 Å². The summed E-state index contributed by atoms with van der Waals surface area (Å²) >= 11 is 5.89. The molecule has 0 saturated heterocycles. The Morgan fingerprint density at radius 2 is 1.90 bits per heavy atom. The lowest BCUT2D eigenvalue weighted by Gasteiger charge is -2.11. The summed E-state index contributed by atoms with van der Waals surface area (Å²) in [6, 6.07) is 13.1. The third-order valence-corrected chi connectivity index (χ3v) is 4.90. The van der Waals surface area contributed by atoms with Crippen LogP contribution in [0.5, 0.6) is 5.88 Å². The van der Waals surface area contributed by atoms with Crippen molar-refractivity contribution < 1.29 is 14.6 Å². The zero-order valence-electron chi connectivity index (χ0n) is 16.3. The van der Waals surface area contributed by atoms with Crippen LogP contribution in [0.2, 0.25) is 5.02 Å². The lowest BCUT2D eigenvalue weighted by Crippen LogP contribution is -2.30. The van der Waals surface area contributed by atoms with Crippen LogP contribution in [0.25, 0.3) is 17.3 Å². The molecule has 0 atom stereocenters. The van der Waals surface area contributed by atoms with Crippen molar-refractivity contribution in [2.45, 2.75) is 6.92 Å². The Labute approximate surface area is 180 Å². The number of carbonyl (C=O) groups is 1. The van der Waals surface area contributed by atoms with E-state index in [1.807, 2.05) is 0 Å². The molecule has 0 amide bonds. The molecule has 1 aliphatic heterocycles. The number of aromatic hydroxyl groups is 1. The summed E-state index contributed by atoms with van der Waals surface area (Å²) in [4.78, 5) is 43.9. The maximum absolute atomic E-state index is 12.5. The van der Waals surface area contributed by atoms with Gasteiger partial charge in [0, 0.05) is 16.2 Å². The van der Waals surface area contributed by atoms with E-state index in [0.29, 0.717) is 27.5 Å². The first kappa shape index (κ1) is 20.4. The highest BCUT2D eigenvalue weighted by atomic mass is 35.5.